The van der Waals surface area contributed by atoms with Crippen molar-refractivity contribution in [1.29, 1.82) is 0 Å². The number of β-lactam (4-membered cyclic amide) rings is 1. The lowest BCUT2D eigenvalue weighted by Gasteiger charge is -2.49. The van der Waals surface area contributed by atoms with Crippen molar-refractivity contribution >= 4 is 51.7 Å². The molecule has 0 aromatic carbocycles. The number of likely N-dealkylation sites (tertiary alicyclic amines) is 1. The van der Waals surface area contributed by atoms with Crippen LogP contribution >= 0.6 is 23.1 Å². The van der Waals surface area contributed by atoms with E-state index in [0.29, 0.717) is 12.3 Å². The van der Waals surface area contributed by atoms with Crippen LogP contribution in [0.5, 0.6) is 0 Å². The molecule has 3 aliphatic rings. The van der Waals surface area contributed by atoms with Crippen molar-refractivity contribution in [3.63, 3.8) is 0 Å². The van der Waals surface area contributed by atoms with Crippen molar-refractivity contribution in [1.82, 2.24) is 15.2 Å². The molecule has 172 valence electrons. The number of nitrogen functional groups attached to an aromatic ring is 1. The van der Waals surface area contributed by atoms with Crippen molar-refractivity contribution in [3.05, 3.63) is 22.3 Å². The van der Waals surface area contributed by atoms with Crippen LogP contribution in [-0.4, -0.2) is 93.9 Å². The third-order valence-corrected chi connectivity index (χ3v) is 7.93. The van der Waals surface area contributed by atoms with Crippen molar-refractivity contribution in [3.8, 4) is 0 Å². The maximum atomic E-state index is 12.9. The monoisotopic (exact) mass is 481 g/mol. The molecule has 3 aliphatic heterocycles. The Kier molecular flexibility index (Phi) is 6.14. The molecule has 2 atom stereocenters. The Morgan fingerprint density at radius 3 is 2.75 bits per heavy atom. The van der Waals surface area contributed by atoms with Gasteiger partial charge in [0, 0.05) is 29.5 Å². The number of nitrogens with one attached hydrogen (secondary N) is 1. The molecule has 4 rings (SSSR count). The number of anilines is 1. The third kappa shape index (κ3) is 4.07. The lowest BCUT2D eigenvalue weighted by molar-refractivity contribution is -0.893. The minimum atomic E-state index is -1.12. The Hall–Kier alpha value is -2.64. The highest BCUT2D eigenvalue weighted by Gasteiger charge is 2.55. The number of amides is 2. The minimum Gasteiger partial charge on any atom is -0.477 e. The molecule has 4 N–H and O–H groups in total. The summed E-state index contributed by atoms with van der Waals surface area (Å²) in [7, 11) is 3.42. The first-order valence-electron chi connectivity index (χ1n) is 10.1. The van der Waals surface area contributed by atoms with Gasteiger partial charge < -0.3 is 25.5 Å². The lowest BCUT2D eigenvalue weighted by atomic mass is 10.0. The average molecular weight is 482 g/mol. The van der Waals surface area contributed by atoms with E-state index in [1.165, 1.54) is 23.8 Å². The van der Waals surface area contributed by atoms with Gasteiger partial charge in [-0.15, -0.1) is 23.1 Å². The second kappa shape index (κ2) is 8.71. The number of thioether (sulfide) groups is 1. The molecule has 32 heavy (non-hydrogen) atoms. The summed E-state index contributed by atoms with van der Waals surface area (Å²) in [6.07, 6.45) is 2.24. The average Bonchev–Trinajstić information content (AvgIpc) is 3.37. The number of aliphatic carboxylic acids is 1. The molecular formula is C19H25N6O5S2+. The van der Waals surface area contributed by atoms with Crippen molar-refractivity contribution < 1.29 is 28.8 Å². The lowest BCUT2D eigenvalue weighted by Crippen LogP contribution is -2.71. The normalized spacial score (nSPS) is 24.8. The first-order valence-corrected chi connectivity index (χ1v) is 12.0. The van der Waals surface area contributed by atoms with Crippen molar-refractivity contribution in [2.75, 3.05) is 45.3 Å². The molecule has 1 aromatic rings. The summed E-state index contributed by atoms with van der Waals surface area (Å²) >= 11 is 2.61. The number of oxime groups is 1. The molecule has 11 nitrogen and oxygen atoms in total. The van der Waals surface area contributed by atoms with Crippen LogP contribution in [0, 0.1) is 0 Å². The van der Waals surface area contributed by atoms with Gasteiger partial charge in [0.25, 0.3) is 11.8 Å². The minimum absolute atomic E-state index is 0.0496. The molecule has 0 bridgehead atoms. The molecule has 4 heterocycles. The summed E-state index contributed by atoms with van der Waals surface area (Å²) in [5, 5.41) is 17.6. The molecule has 0 aliphatic carbocycles. The number of fused-ring (bicyclic) bond motifs is 1. The first-order chi connectivity index (χ1) is 15.2. The van der Waals surface area contributed by atoms with Gasteiger partial charge in [-0.1, -0.05) is 5.16 Å². The molecule has 0 saturated carbocycles. The zero-order valence-electron chi connectivity index (χ0n) is 17.7. The zero-order chi connectivity index (χ0) is 23.0. The van der Waals surface area contributed by atoms with Gasteiger partial charge >= 0.3 is 5.97 Å². The number of thiazole rings is 1. The molecular weight excluding hydrogens is 456 g/mol. The highest BCUT2D eigenvalue weighted by atomic mass is 32.2. The molecule has 13 heteroatoms. The van der Waals surface area contributed by atoms with Gasteiger partial charge in [0.2, 0.25) is 0 Å². The summed E-state index contributed by atoms with van der Waals surface area (Å²) in [6, 6.07) is -0.863. The number of rotatable bonds is 7. The Bertz CT molecular complexity index is 1020. The number of hydrogen-bond acceptors (Lipinski definition) is 9. The second-order valence-corrected chi connectivity index (χ2v) is 10.2. The predicted molar refractivity (Wildman–Crippen MR) is 120 cm³/mol. The molecule has 0 unspecified atom stereocenters. The van der Waals surface area contributed by atoms with Crippen LogP contribution < -0.4 is 11.1 Å². The maximum absolute atomic E-state index is 12.9. The van der Waals surface area contributed by atoms with E-state index in [1.807, 2.05) is 0 Å². The van der Waals surface area contributed by atoms with Gasteiger partial charge in [-0.05, 0) is 0 Å². The molecule has 0 spiro atoms. The number of carbonyl (C=O) groups is 3. The highest BCUT2D eigenvalue weighted by molar-refractivity contribution is 8.00. The summed E-state index contributed by atoms with van der Waals surface area (Å²) in [6.45, 7) is 2.61. The largest absolute Gasteiger partial charge is 0.477 e. The van der Waals surface area contributed by atoms with Crippen LogP contribution in [0.1, 0.15) is 18.5 Å². The number of nitrogens with two attached hydrogens (primary N) is 1. The van der Waals surface area contributed by atoms with E-state index < -0.39 is 29.2 Å². The molecule has 2 amide bonds. The van der Waals surface area contributed by atoms with E-state index in [1.54, 1.807) is 5.38 Å². The predicted octanol–water partition coefficient (Wildman–Crippen LogP) is 0.0548. The van der Waals surface area contributed by atoms with E-state index in [2.05, 4.69) is 22.5 Å². The summed E-state index contributed by atoms with van der Waals surface area (Å²) in [4.78, 5) is 47.9. The number of carboxylic acid groups (broad SMARTS) is 1. The van der Waals surface area contributed by atoms with Crippen LogP contribution in [0.3, 0.4) is 0 Å². The standard InChI is InChI=1S/C19H24N6O5S2/c1-25(5-3-4-6-25)7-10-8-31-17-13(16(27)24(17)14(10)18(28)29)22-15(26)12(23-30-2)11-9-32-19(20)21-11/h9,13,17H,3-8H2,1-2H3,(H3-,20,21,22,26,28,29)/p+1/b23-12+/t13-,17+/m0/s1. The number of carboxylic acids is 1. The first kappa shape index (κ1) is 22.6. The van der Waals surface area contributed by atoms with Crippen LogP contribution in [0.4, 0.5) is 5.13 Å². The number of nitrogens with zero attached hydrogens (tertiary/aromatic N) is 4. The van der Waals surface area contributed by atoms with Gasteiger partial charge in [0.1, 0.15) is 36.5 Å². The molecule has 2 fully saturated rings. The SMILES string of the molecule is CO/N=C(/C(=O)N[C@H]1C(=O)N2C(C(=O)O)=C(C[N+]3(C)CCCC3)CS[C@H]12)c1csc(N)n1. The van der Waals surface area contributed by atoms with Gasteiger partial charge in [0.05, 0.1) is 20.1 Å². The number of quaternary nitrogens is 1. The van der Waals surface area contributed by atoms with Gasteiger partial charge in [-0.3, -0.25) is 14.5 Å². The summed E-state index contributed by atoms with van der Waals surface area (Å²) in [5.74, 6) is -1.71. The zero-order valence-corrected chi connectivity index (χ0v) is 19.4. The number of hydrogen-bond donors (Lipinski definition) is 3. The summed E-state index contributed by atoms with van der Waals surface area (Å²) in [5.41, 5.74) is 6.59. The Balaban J connectivity index is 1.52. The van der Waals surface area contributed by atoms with Crippen LogP contribution in [-0.2, 0) is 19.2 Å². The van der Waals surface area contributed by atoms with Crippen molar-refractivity contribution in [2.24, 2.45) is 5.16 Å². The molecule has 0 radical (unpaired) electrons. The van der Waals surface area contributed by atoms with E-state index in [4.69, 9.17) is 10.6 Å². The van der Waals surface area contributed by atoms with E-state index in [9.17, 15) is 19.5 Å². The summed E-state index contributed by atoms with van der Waals surface area (Å²) < 4.78 is 0.785. The smallest absolute Gasteiger partial charge is 0.352 e. The third-order valence-electron chi connectivity index (χ3n) is 5.92. The van der Waals surface area contributed by atoms with Gasteiger partial charge in [-0.2, -0.15) is 0 Å². The van der Waals surface area contributed by atoms with E-state index in [-0.39, 0.29) is 22.2 Å². The van der Waals surface area contributed by atoms with E-state index in [0.717, 1.165) is 47.3 Å². The Labute approximate surface area is 192 Å². The van der Waals surface area contributed by atoms with E-state index >= 15 is 0 Å². The maximum Gasteiger partial charge on any atom is 0.352 e. The number of carbonyl (C=O) groups excluding carboxylic acids is 2. The van der Waals surface area contributed by atoms with Crippen LogP contribution in [0.15, 0.2) is 21.8 Å². The second-order valence-electron chi connectivity index (χ2n) is 8.24. The number of aromatic nitrogens is 1. The number of likely N-dealkylation sites (N-methyl/N-ethyl adjacent to an activating group) is 1. The fourth-order valence-corrected chi connectivity index (χ4v) is 6.31. The van der Waals surface area contributed by atoms with Crippen LogP contribution in [0.2, 0.25) is 0 Å². The highest BCUT2D eigenvalue weighted by Crippen LogP contribution is 2.41. The Morgan fingerprint density at radius 2 is 2.16 bits per heavy atom. The van der Waals surface area contributed by atoms with Crippen LogP contribution in [0.25, 0.3) is 0 Å². The molecule has 2 saturated heterocycles. The van der Waals surface area contributed by atoms with Gasteiger partial charge in [0.15, 0.2) is 10.8 Å². The van der Waals surface area contributed by atoms with Crippen molar-refractivity contribution in [2.45, 2.75) is 24.3 Å². The Morgan fingerprint density at radius 1 is 1.44 bits per heavy atom. The fraction of sp³-hybridized carbons (Fsp3) is 0.526. The topological polar surface area (TPSA) is 147 Å². The fourth-order valence-electron chi connectivity index (χ4n) is 4.42. The molecule has 1 aromatic heterocycles. The quantitative estimate of drug-likeness (QED) is 0.214. The van der Waals surface area contributed by atoms with Gasteiger partial charge in [-0.25, -0.2) is 9.78 Å².